The summed E-state index contributed by atoms with van der Waals surface area (Å²) in [7, 11) is 1.30. The van der Waals surface area contributed by atoms with Crippen LogP contribution in [-0.4, -0.2) is 23.0 Å². The molecule has 5 nitrogen and oxygen atoms in total. The third-order valence-corrected chi connectivity index (χ3v) is 1.92. The minimum atomic E-state index is -0.456. The molecule has 0 atom stereocenters. The number of esters is 1. The fourth-order valence-electron chi connectivity index (χ4n) is 1.26. The standard InChI is InChI=1S/C9H8N2O3.ClH/c1-14-9(13)6-4-5-2-3-7(12)11-8(5)10-6;/h2-4H,1H3,(H2,10,11,12);1H. The summed E-state index contributed by atoms with van der Waals surface area (Å²) in [4.78, 5) is 27.4. The lowest BCUT2D eigenvalue weighted by molar-refractivity contribution is 0.0595. The Kier molecular flexibility index (Phi) is 3.16. The van der Waals surface area contributed by atoms with Crippen molar-refractivity contribution in [3.05, 3.63) is 34.2 Å². The highest BCUT2D eigenvalue weighted by Crippen LogP contribution is 2.11. The zero-order valence-electron chi connectivity index (χ0n) is 7.87. The largest absolute Gasteiger partial charge is 0.464 e. The van der Waals surface area contributed by atoms with Gasteiger partial charge in [0.2, 0.25) is 5.56 Å². The number of aromatic amines is 2. The van der Waals surface area contributed by atoms with Gasteiger partial charge in [-0.05, 0) is 12.1 Å². The molecule has 0 aliphatic rings. The van der Waals surface area contributed by atoms with Gasteiger partial charge in [0.25, 0.3) is 0 Å². The Bertz CT molecular complexity index is 544. The van der Waals surface area contributed by atoms with E-state index >= 15 is 0 Å². The van der Waals surface area contributed by atoms with E-state index in [1.165, 1.54) is 13.2 Å². The Hall–Kier alpha value is -1.75. The van der Waals surface area contributed by atoms with Crippen molar-refractivity contribution in [2.75, 3.05) is 7.11 Å². The van der Waals surface area contributed by atoms with E-state index in [1.807, 2.05) is 0 Å². The first-order chi connectivity index (χ1) is 6.70. The van der Waals surface area contributed by atoms with Crippen molar-refractivity contribution in [1.82, 2.24) is 9.97 Å². The number of hydrogen-bond acceptors (Lipinski definition) is 3. The summed E-state index contributed by atoms with van der Waals surface area (Å²) in [5.74, 6) is -0.456. The minimum absolute atomic E-state index is 0. The maximum absolute atomic E-state index is 11.1. The highest BCUT2D eigenvalue weighted by molar-refractivity contribution is 5.93. The predicted molar refractivity (Wildman–Crippen MR) is 57.5 cm³/mol. The molecule has 0 bridgehead atoms. The molecular weight excluding hydrogens is 220 g/mol. The molecule has 80 valence electrons. The molecule has 0 aromatic carbocycles. The van der Waals surface area contributed by atoms with Gasteiger partial charge in [0.05, 0.1) is 7.11 Å². The zero-order valence-corrected chi connectivity index (χ0v) is 8.68. The molecule has 2 aromatic heterocycles. The van der Waals surface area contributed by atoms with Crippen molar-refractivity contribution >= 4 is 29.4 Å². The number of hydrogen-bond donors (Lipinski definition) is 2. The smallest absolute Gasteiger partial charge is 0.354 e. The minimum Gasteiger partial charge on any atom is -0.464 e. The second-order valence-corrected chi connectivity index (χ2v) is 2.83. The fourth-order valence-corrected chi connectivity index (χ4v) is 1.26. The van der Waals surface area contributed by atoms with Crippen LogP contribution in [0.15, 0.2) is 23.0 Å². The second-order valence-electron chi connectivity index (χ2n) is 2.83. The summed E-state index contributed by atoms with van der Waals surface area (Å²) in [6.45, 7) is 0. The van der Waals surface area contributed by atoms with E-state index in [0.29, 0.717) is 11.3 Å². The van der Waals surface area contributed by atoms with E-state index in [2.05, 4.69) is 14.7 Å². The SMILES string of the molecule is COC(=O)c1cc2ccc(=O)[nH]c2[nH]1.Cl. The molecule has 2 N–H and O–H groups in total. The predicted octanol–water partition coefficient (Wildman–Crippen LogP) is 1.06. The zero-order chi connectivity index (χ0) is 10.1. The van der Waals surface area contributed by atoms with Crippen LogP contribution in [-0.2, 0) is 4.74 Å². The van der Waals surface area contributed by atoms with Gasteiger partial charge in [0, 0.05) is 11.5 Å². The van der Waals surface area contributed by atoms with Gasteiger partial charge in [-0.15, -0.1) is 12.4 Å². The second kappa shape index (κ2) is 4.18. The van der Waals surface area contributed by atoms with Gasteiger partial charge in [-0.2, -0.15) is 0 Å². The molecule has 15 heavy (non-hydrogen) atoms. The van der Waals surface area contributed by atoms with E-state index in [0.717, 1.165) is 5.39 Å². The van der Waals surface area contributed by atoms with Gasteiger partial charge >= 0.3 is 5.97 Å². The van der Waals surface area contributed by atoms with Gasteiger partial charge in [-0.25, -0.2) is 4.79 Å². The Morgan fingerprint density at radius 2 is 2.07 bits per heavy atom. The van der Waals surface area contributed by atoms with Crippen molar-refractivity contribution in [3.8, 4) is 0 Å². The van der Waals surface area contributed by atoms with Gasteiger partial charge in [-0.3, -0.25) is 4.79 Å². The van der Waals surface area contributed by atoms with Gasteiger partial charge in [-0.1, -0.05) is 0 Å². The Morgan fingerprint density at radius 1 is 1.33 bits per heavy atom. The molecule has 6 heteroatoms. The monoisotopic (exact) mass is 228 g/mol. The number of carbonyl (C=O) groups is 1. The molecule has 0 unspecified atom stereocenters. The van der Waals surface area contributed by atoms with Crippen LogP contribution in [0.25, 0.3) is 11.0 Å². The number of methoxy groups -OCH3 is 1. The highest BCUT2D eigenvalue weighted by atomic mass is 35.5. The Balaban J connectivity index is 0.00000112. The maximum atomic E-state index is 11.1. The average Bonchev–Trinajstić information content (AvgIpc) is 2.59. The molecule has 0 saturated heterocycles. The summed E-state index contributed by atoms with van der Waals surface area (Å²) in [6.07, 6.45) is 0. The lowest BCUT2D eigenvalue weighted by Gasteiger charge is -1.91. The molecule has 0 saturated carbocycles. The van der Waals surface area contributed by atoms with Crippen molar-refractivity contribution in [2.45, 2.75) is 0 Å². The molecule has 2 aromatic rings. The number of nitrogens with one attached hydrogen (secondary N) is 2. The molecule has 0 fully saturated rings. The van der Waals surface area contributed by atoms with Gasteiger partial charge in [0.1, 0.15) is 11.3 Å². The van der Waals surface area contributed by atoms with E-state index in [-0.39, 0.29) is 18.0 Å². The van der Waals surface area contributed by atoms with Crippen molar-refractivity contribution in [3.63, 3.8) is 0 Å². The van der Waals surface area contributed by atoms with Crippen LogP contribution in [0, 0.1) is 0 Å². The molecule has 0 aliphatic carbocycles. The molecule has 2 heterocycles. The summed E-state index contributed by atoms with van der Waals surface area (Å²) in [5.41, 5.74) is 0.637. The third-order valence-electron chi connectivity index (χ3n) is 1.92. The van der Waals surface area contributed by atoms with Crippen LogP contribution < -0.4 is 5.56 Å². The highest BCUT2D eigenvalue weighted by Gasteiger charge is 2.08. The van der Waals surface area contributed by atoms with E-state index < -0.39 is 5.97 Å². The van der Waals surface area contributed by atoms with E-state index in [4.69, 9.17) is 0 Å². The molecule has 0 aliphatic heterocycles. The molecule has 0 amide bonds. The van der Waals surface area contributed by atoms with Crippen LogP contribution in [0.5, 0.6) is 0 Å². The first-order valence-corrected chi connectivity index (χ1v) is 4.01. The topological polar surface area (TPSA) is 75.0 Å². The number of H-pyrrole nitrogens is 2. The van der Waals surface area contributed by atoms with Crippen molar-refractivity contribution < 1.29 is 9.53 Å². The Morgan fingerprint density at radius 3 is 2.73 bits per heavy atom. The summed E-state index contributed by atoms with van der Waals surface area (Å²) in [5, 5.41) is 0.769. The van der Waals surface area contributed by atoms with E-state index in [1.54, 1.807) is 12.1 Å². The van der Waals surface area contributed by atoms with Crippen LogP contribution in [0.1, 0.15) is 10.5 Å². The van der Waals surface area contributed by atoms with Crippen LogP contribution >= 0.6 is 12.4 Å². The number of aromatic nitrogens is 2. The third kappa shape index (κ3) is 2.02. The van der Waals surface area contributed by atoms with Crippen molar-refractivity contribution in [1.29, 1.82) is 0 Å². The van der Waals surface area contributed by atoms with Crippen LogP contribution in [0.4, 0.5) is 0 Å². The summed E-state index contributed by atoms with van der Waals surface area (Å²) < 4.78 is 4.53. The average molecular weight is 229 g/mol. The maximum Gasteiger partial charge on any atom is 0.354 e. The quantitative estimate of drug-likeness (QED) is 0.717. The molecule has 0 spiro atoms. The number of carbonyl (C=O) groups excluding carboxylic acids is 1. The number of halogens is 1. The number of pyridine rings is 1. The van der Waals surface area contributed by atoms with Crippen LogP contribution in [0.2, 0.25) is 0 Å². The molecule has 0 radical (unpaired) electrons. The van der Waals surface area contributed by atoms with Crippen molar-refractivity contribution in [2.24, 2.45) is 0 Å². The summed E-state index contributed by atoms with van der Waals surface area (Å²) in [6, 6.07) is 4.66. The van der Waals surface area contributed by atoms with Gasteiger partial charge < -0.3 is 14.7 Å². The first-order valence-electron chi connectivity index (χ1n) is 4.01. The van der Waals surface area contributed by atoms with Crippen LogP contribution in [0.3, 0.4) is 0 Å². The number of ether oxygens (including phenoxy) is 1. The number of fused-ring (bicyclic) bond motifs is 1. The first kappa shape index (κ1) is 11.3. The Labute approximate surface area is 90.9 Å². The molecular formula is C9H9ClN2O3. The lowest BCUT2D eigenvalue weighted by atomic mass is 10.3. The fraction of sp³-hybridized carbons (Fsp3) is 0.111. The number of rotatable bonds is 1. The van der Waals surface area contributed by atoms with Gasteiger partial charge in [0.15, 0.2) is 0 Å². The summed E-state index contributed by atoms with van der Waals surface area (Å²) >= 11 is 0. The normalized spacial score (nSPS) is 9.67. The molecule has 2 rings (SSSR count). The lowest BCUT2D eigenvalue weighted by Crippen LogP contribution is -2.03. The van der Waals surface area contributed by atoms with E-state index in [9.17, 15) is 9.59 Å².